The average Bonchev–Trinajstić information content (AvgIpc) is 2.58. The topological polar surface area (TPSA) is 35.5 Å². The Morgan fingerprint density at radius 3 is 2.00 bits per heavy atom. The van der Waals surface area contributed by atoms with Gasteiger partial charge in [0.1, 0.15) is 11.5 Å². The van der Waals surface area contributed by atoms with Gasteiger partial charge in [-0.05, 0) is 12.1 Å². The lowest BCUT2D eigenvalue weighted by Gasteiger charge is -2.06. The number of alkyl halides is 3. The van der Waals surface area contributed by atoms with Gasteiger partial charge < -0.3 is 9.31 Å². The Morgan fingerprint density at radius 2 is 1.60 bits per heavy atom. The van der Waals surface area contributed by atoms with Gasteiger partial charge in [-0.2, -0.15) is 13.2 Å². The van der Waals surface area contributed by atoms with Crippen molar-refractivity contribution in [3.8, 4) is 11.5 Å². The highest BCUT2D eigenvalue weighted by Crippen LogP contribution is 2.34. The first-order chi connectivity index (χ1) is 6.98. The normalized spacial score (nSPS) is 14.2. The van der Waals surface area contributed by atoms with Crippen LogP contribution < -0.4 is 9.31 Å². The molecule has 1 aliphatic rings. The van der Waals surface area contributed by atoms with Crippen LogP contribution in [0.4, 0.5) is 13.2 Å². The van der Waals surface area contributed by atoms with Crippen molar-refractivity contribution in [2.24, 2.45) is 0 Å². The number of para-hydroxylation sites is 2. The predicted octanol–water partition coefficient (Wildman–Crippen LogP) is 1.62. The second kappa shape index (κ2) is 3.18. The summed E-state index contributed by atoms with van der Waals surface area (Å²) < 4.78 is 45.5. The van der Waals surface area contributed by atoms with Crippen LogP contribution in [0.25, 0.3) is 0 Å². The molecule has 0 bridgehead atoms. The van der Waals surface area contributed by atoms with E-state index in [1.54, 1.807) is 12.1 Å². The van der Waals surface area contributed by atoms with E-state index < -0.39 is 19.0 Å². The molecule has 0 saturated heterocycles. The second-order valence-corrected chi connectivity index (χ2v) is 2.88. The zero-order valence-corrected chi connectivity index (χ0v) is 7.25. The third kappa shape index (κ3) is 1.77. The van der Waals surface area contributed by atoms with Gasteiger partial charge in [-0.25, -0.2) is 0 Å². The standard InChI is InChI=1S/C8H4BF3O3/c10-8(11,12)7(13)9-14-5-3-1-2-4-6(5)15-9/h1-4H. The Labute approximate surface area is 82.9 Å². The molecule has 1 aromatic rings. The van der Waals surface area contributed by atoms with Gasteiger partial charge in [-0.15, -0.1) is 0 Å². The minimum Gasteiger partial charge on any atom is -0.517 e. The van der Waals surface area contributed by atoms with Gasteiger partial charge >= 0.3 is 13.3 Å². The highest BCUT2D eigenvalue weighted by atomic mass is 19.4. The van der Waals surface area contributed by atoms with Crippen LogP contribution in [0, 0.1) is 0 Å². The molecule has 0 unspecified atom stereocenters. The van der Waals surface area contributed by atoms with Crippen LogP contribution in [0.5, 0.6) is 11.5 Å². The molecule has 15 heavy (non-hydrogen) atoms. The summed E-state index contributed by atoms with van der Waals surface area (Å²) in [7, 11) is -1.91. The van der Waals surface area contributed by atoms with Gasteiger partial charge in [0.25, 0.3) is 5.68 Å². The van der Waals surface area contributed by atoms with E-state index in [0.717, 1.165) is 0 Å². The van der Waals surface area contributed by atoms with Crippen LogP contribution in [0.3, 0.4) is 0 Å². The molecule has 0 atom stereocenters. The first-order valence-corrected chi connectivity index (χ1v) is 4.02. The molecule has 0 aromatic heterocycles. The smallest absolute Gasteiger partial charge is 0.517 e. The van der Waals surface area contributed by atoms with Crippen LogP contribution in [-0.4, -0.2) is 19.0 Å². The lowest BCUT2D eigenvalue weighted by Crippen LogP contribution is -2.44. The summed E-state index contributed by atoms with van der Waals surface area (Å²) in [4.78, 5) is 10.8. The number of hydrogen-bond donors (Lipinski definition) is 0. The summed E-state index contributed by atoms with van der Waals surface area (Å²) in [6, 6.07) is 6.00. The molecular weight excluding hydrogens is 212 g/mol. The molecule has 0 amide bonds. The summed E-state index contributed by atoms with van der Waals surface area (Å²) in [5.41, 5.74) is -2.04. The highest BCUT2D eigenvalue weighted by Gasteiger charge is 2.54. The maximum Gasteiger partial charge on any atom is 0.681 e. The van der Waals surface area contributed by atoms with E-state index >= 15 is 0 Å². The van der Waals surface area contributed by atoms with Crippen molar-refractivity contribution >= 4 is 12.8 Å². The van der Waals surface area contributed by atoms with Crippen LogP contribution in [0.1, 0.15) is 0 Å². The molecule has 1 heterocycles. The van der Waals surface area contributed by atoms with E-state index in [1.807, 2.05) is 0 Å². The molecular formula is C8H4BF3O3. The van der Waals surface area contributed by atoms with Gasteiger partial charge in [0.05, 0.1) is 0 Å². The van der Waals surface area contributed by atoms with Crippen molar-refractivity contribution in [2.75, 3.05) is 0 Å². The third-order valence-corrected chi connectivity index (χ3v) is 1.81. The van der Waals surface area contributed by atoms with Crippen molar-refractivity contribution in [3.63, 3.8) is 0 Å². The minimum atomic E-state index is -4.95. The largest absolute Gasteiger partial charge is 0.681 e. The fraction of sp³-hybridized carbons (Fsp3) is 0.125. The summed E-state index contributed by atoms with van der Waals surface area (Å²) in [6.45, 7) is 0. The number of fused-ring (bicyclic) bond motifs is 1. The molecule has 1 aliphatic heterocycles. The van der Waals surface area contributed by atoms with Crippen molar-refractivity contribution < 1.29 is 27.3 Å². The van der Waals surface area contributed by atoms with E-state index in [1.165, 1.54) is 12.1 Å². The second-order valence-electron chi connectivity index (χ2n) is 2.88. The number of halogens is 3. The van der Waals surface area contributed by atoms with Crippen LogP contribution in [-0.2, 0) is 4.79 Å². The molecule has 7 heteroatoms. The van der Waals surface area contributed by atoms with E-state index in [9.17, 15) is 18.0 Å². The minimum absolute atomic E-state index is 0.139. The molecule has 1 aromatic carbocycles. The maximum absolute atomic E-state index is 12.0. The summed E-state index contributed by atoms with van der Waals surface area (Å²) >= 11 is 0. The third-order valence-electron chi connectivity index (χ3n) is 1.81. The average molecular weight is 216 g/mol. The Kier molecular flexibility index (Phi) is 2.10. The van der Waals surface area contributed by atoms with E-state index in [-0.39, 0.29) is 11.5 Å². The highest BCUT2D eigenvalue weighted by molar-refractivity contribution is 6.83. The summed E-state index contributed by atoms with van der Waals surface area (Å²) in [6.07, 6.45) is -4.95. The van der Waals surface area contributed by atoms with Crippen molar-refractivity contribution in [1.82, 2.24) is 0 Å². The number of carbonyl (C=O) groups excluding carboxylic acids is 1. The number of hydrogen-bond acceptors (Lipinski definition) is 3. The first kappa shape index (κ1) is 9.88. The lowest BCUT2D eigenvalue weighted by molar-refractivity contribution is -0.163. The predicted molar refractivity (Wildman–Crippen MR) is 44.5 cm³/mol. The van der Waals surface area contributed by atoms with E-state index in [4.69, 9.17) is 9.31 Å². The molecule has 0 aliphatic carbocycles. The molecule has 0 N–H and O–H groups in total. The van der Waals surface area contributed by atoms with Gasteiger partial charge in [-0.3, -0.25) is 4.79 Å². The Morgan fingerprint density at radius 1 is 1.13 bits per heavy atom. The fourth-order valence-electron chi connectivity index (χ4n) is 1.14. The lowest BCUT2D eigenvalue weighted by atomic mass is 9.83. The van der Waals surface area contributed by atoms with E-state index in [0.29, 0.717) is 0 Å². The Bertz CT molecular complexity index is 379. The monoisotopic (exact) mass is 216 g/mol. The SMILES string of the molecule is O=C(B1Oc2ccccc2O1)C(F)(F)F. The van der Waals surface area contributed by atoms with Gasteiger partial charge in [-0.1, -0.05) is 12.1 Å². The Hall–Kier alpha value is -1.66. The number of carbonyl (C=O) groups is 1. The maximum atomic E-state index is 12.0. The van der Waals surface area contributed by atoms with Gasteiger partial charge in [0, 0.05) is 0 Å². The molecule has 2 rings (SSSR count). The molecule has 3 nitrogen and oxygen atoms in total. The molecule has 0 saturated carbocycles. The molecule has 0 spiro atoms. The van der Waals surface area contributed by atoms with Crippen molar-refractivity contribution in [2.45, 2.75) is 6.18 Å². The fourth-order valence-corrected chi connectivity index (χ4v) is 1.14. The van der Waals surface area contributed by atoms with Crippen molar-refractivity contribution in [1.29, 1.82) is 0 Å². The number of rotatable bonds is 1. The van der Waals surface area contributed by atoms with Crippen molar-refractivity contribution in [3.05, 3.63) is 24.3 Å². The van der Waals surface area contributed by atoms with Crippen LogP contribution >= 0.6 is 0 Å². The van der Waals surface area contributed by atoms with Gasteiger partial charge in [0.15, 0.2) is 0 Å². The first-order valence-electron chi connectivity index (χ1n) is 4.02. The zero-order chi connectivity index (χ0) is 11.1. The molecule has 0 radical (unpaired) electrons. The molecule has 0 fully saturated rings. The van der Waals surface area contributed by atoms with Gasteiger partial charge in [0.2, 0.25) is 0 Å². The molecule has 78 valence electrons. The number of benzene rings is 1. The Balaban J connectivity index is 2.17. The summed E-state index contributed by atoms with van der Waals surface area (Å²) in [5.74, 6) is 0.278. The van der Waals surface area contributed by atoms with Crippen LogP contribution in [0.15, 0.2) is 24.3 Å². The van der Waals surface area contributed by atoms with E-state index in [2.05, 4.69) is 0 Å². The summed E-state index contributed by atoms with van der Waals surface area (Å²) in [5, 5.41) is 0. The zero-order valence-electron chi connectivity index (χ0n) is 7.25. The van der Waals surface area contributed by atoms with Crippen LogP contribution in [0.2, 0.25) is 0 Å². The quantitative estimate of drug-likeness (QED) is 0.669.